The molecule has 7 nitrogen and oxygen atoms in total. The molecule has 3 heterocycles. The minimum atomic E-state index is -0.252. The quantitative estimate of drug-likeness (QED) is 0.612. The van der Waals surface area contributed by atoms with E-state index in [2.05, 4.69) is 19.9 Å². The number of hydrogen-bond acceptors (Lipinski definition) is 7. The van der Waals surface area contributed by atoms with Crippen LogP contribution in [0.15, 0.2) is 12.5 Å². The molecule has 1 saturated heterocycles. The molecule has 132 valence electrons. The molecule has 1 aliphatic rings. The molecule has 0 saturated carbocycles. The molecule has 2 atom stereocenters. The molecule has 24 heavy (non-hydrogen) atoms. The van der Waals surface area contributed by atoms with Crippen molar-refractivity contribution < 1.29 is 9.84 Å². The molecule has 2 aromatic heterocycles. The van der Waals surface area contributed by atoms with Gasteiger partial charge in [-0.15, -0.1) is 0 Å². The Hall–Kier alpha value is -1.35. The number of anilines is 1. The van der Waals surface area contributed by atoms with E-state index in [0.29, 0.717) is 18.3 Å². The summed E-state index contributed by atoms with van der Waals surface area (Å²) in [5.74, 6) is 2.89. The Morgan fingerprint density at radius 3 is 3.12 bits per heavy atom. The summed E-state index contributed by atoms with van der Waals surface area (Å²) in [5, 5.41) is 10.3. The van der Waals surface area contributed by atoms with Gasteiger partial charge in [-0.2, -0.15) is 11.8 Å². The topological polar surface area (TPSA) is 100 Å². The number of nitrogen functional groups attached to an aromatic ring is 1. The van der Waals surface area contributed by atoms with Crippen LogP contribution in [0.5, 0.6) is 0 Å². The number of aliphatic hydroxyl groups is 1. The Kier molecular flexibility index (Phi) is 5.94. The summed E-state index contributed by atoms with van der Waals surface area (Å²) >= 11 is 1.89. The highest BCUT2D eigenvalue weighted by atomic mass is 32.2. The summed E-state index contributed by atoms with van der Waals surface area (Å²) in [6.07, 6.45) is 4.22. The SMILES string of the molecule is COCCSCC[C@H]1CN(Cc2c[nH]c3c(N)ncnc23)C[C@H]1O. The number of aromatic nitrogens is 3. The molecule has 0 radical (unpaired) electrons. The lowest BCUT2D eigenvalue weighted by Crippen LogP contribution is -2.21. The Morgan fingerprint density at radius 1 is 1.42 bits per heavy atom. The summed E-state index contributed by atoms with van der Waals surface area (Å²) in [6, 6.07) is 0. The number of β-amino-alcohol motifs (C(OH)–C–C–N with tert-alkyl or cyclic N) is 1. The third-order valence-electron chi connectivity index (χ3n) is 4.51. The smallest absolute Gasteiger partial charge is 0.151 e. The fraction of sp³-hybridized carbons (Fsp3) is 0.625. The predicted octanol–water partition coefficient (Wildman–Crippen LogP) is 1.10. The number of nitrogens with two attached hydrogens (primary N) is 1. The van der Waals surface area contributed by atoms with Gasteiger partial charge in [0.05, 0.1) is 18.2 Å². The van der Waals surface area contributed by atoms with E-state index in [0.717, 1.165) is 54.2 Å². The van der Waals surface area contributed by atoms with Crippen molar-refractivity contribution in [2.45, 2.75) is 19.1 Å². The van der Waals surface area contributed by atoms with Gasteiger partial charge in [0.15, 0.2) is 5.82 Å². The number of hydrogen-bond donors (Lipinski definition) is 3. The summed E-state index contributed by atoms with van der Waals surface area (Å²) in [6.45, 7) is 3.18. The molecule has 0 aromatic carbocycles. The predicted molar refractivity (Wildman–Crippen MR) is 96.9 cm³/mol. The lowest BCUT2D eigenvalue weighted by atomic mass is 10.0. The molecule has 1 fully saturated rings. The third kappa shape index (κ3) is 4.00. The number of aliphatic hydroxyl groups excluding tert-OH is 1. The summed E-state index contributed by atoms with van der Waals surface area (Å²) in [5.41, 5.74) is 8.62. The van der Waals surface area contributed by atoms with Crippen molar-refractivity contribution in [1.29, 1.82) is 0 Å². The van der Waals surface area contributed by atoms with Crippen LogP contribution in [0.2, 0.25) is 0 Å². The van der Waals surface area contributed by atoms with E-state index in [1.165, 1.54) is 6.33 Å². The molecule has 2 aromatic rings. The van der Waals surface area contributed by atoms with Crippen molar-refractivity contribution in [3.63, 3.8) is 0 Å². The Balaban J connectivity index is 1.54. The van der Waals surface area contributed by atoms with Crippen LogP contribution in [0, 0.1) is 5.92 Å². The third-order valence-corrected chi connectivity index (χ3v) is 5.49. The van der Waals surface area contributed by atoms with Gasteiger partial charge in [0, 0.05) is 44.3 Å². The maximum Gasteiger partial charge on any atom is 0.151 e. The van der Waals surface area contributed by atoms with Crippen molar-refractivity contribution >= 4 is 28.6 Å². The number of likely N-dealkylation sites (tertiary alicyclic amines) is 1. The molecule has 0 spiro atoms. The lowest BCUT2D eigenvalue weighted by Gasteiger charge is -2.15. The molecule has 0 unspecified atom stereocenters. The monoisotopic (exact) mass is 351 g/mol. The van der Waals surface area contributed by atoms with Crippen LogP contribution in [0.1, 0.15) is 12.0 Å². The molecule has 1 aliphatic heterocycles. The highest BCUT2D eigenvalue weighted by Gasteiger charge is 2.31. The van der Waals surface area contributed by atoms with Gasteiger partial charge in [0.2, 0.25) is 0 Å². The molecule has 4 N–H and O–H groups in total. The molecular formula is C16H25N5O2S. The fourth-order valence-corrected chi connectivity index (χ4v) is 4.17. The number of aromatic amines is 1. The number of H-pyrrole nitrogens is 1. The van der Waals surface area contributed by atoms with Crippen molar-refractivity contribution in [1.82, 2.24) is 19.9 Å². The van der Waals surface area contributed by atoms with Gasteiger partial charge >= 0.3 is 0 Å². The second-order valence-corrected chi connectivity index (χ2v) is 7.44. The number of fused-ring (bicyclic) bond motifs is 1. The minimum absolute atomic E-state index is 0.252. The molecule has 3 rings (SSSR count). The van der Waals surface area contributed by atoms with E-state index in [4.69, 9.17) is 10.5 Å². The zero-order valence-electron chi connectivity index (χ0n) is 13.9. The number of nitrogens with one attached hydrogen (secondary N) is 1. The number of ether oxygens (including phenoxy) is 1. The van der Waals surface area contributed by atoms with E-state index in [-0.39, 0.29) is 6.10 Å². The first-order valence-electron chi connectivity index (χ1n) is 8.22. The highest BCUT2D eigenvalue weighted by Crippen LogP contribution is 2.26. The second-order valence-electron chi connectivity index (χ2n) is 6.21. The van der Waals surface area contributed by atoms with Crippen LogP contribution in [0.25, 0.3) is 11.0 Å². The van der Waals surface area contributed by atoms with Crippen LogP contribution in [0.4, 0.5) is 5.82 Å². The van der Waals surface area contributed by atoms with Gasteiger partial charge in [0.1, 0.15) is 11.8 Å². The Bertz CT molecular complexity index is 665. The fourth-order valence-electron chi connectivity index (χ4n) is 3.21. The number of methoxy groups -OCH3 is 1. The minimum Gasteiger partial charge on any atom is -0.391 e. The van der Waals surface area contributed by atoms with Gasteiger partial charge in [-0.05, 0) is 18.1 Å². The van der Waals surface area contributed by atoms with Crippen molar-refractivity contribution in [3.05, 3.63) is 18.1 Å². The van der Waals surface area contributed by atoms with Gasteiger partial charge in [0.25, 0.3) is 0 Å². The summed E-state index contributed by atoms with van der Waals surface area (Å²) in [7, 11) is 1.72. The maximum atomic E-state index is 10.3. The number of nitrogens with zero attached hydrogens (tertiary/aromatic N) is 3. The molecular weight excluding hydrogens is 326 g/mol. The first-order valence-corrected chi connectivity index (χ1v) is 9.38. The maximum absolute atomic E-state index is 10.3. The van der Waals surface area contributed by atoms with E-state index < -0.39 is 0 Å². The largest absolute Gasteiger partial charge is 0.391 e. The first kappa shape index (κ1) is 17.5. The van der Waals surface area contributed by atoms with Crippen LogP contribution in [-0.2, 0) is 11.3 Å². The van der Waals surface area contributed by atoms with Gasteiger partial charge in [-0.1, -0.05) is 0 Å². The second kappa shape index (κ2) is 8.15. The van der Waals surface area contributed by atoms with Gasteiger partial charge in [-0.25, -0.2) is 9.97 Å². The van der Waals surface area contributed by atoms with Gasteiger partial charge < -0.3 is 20.6 Å². The number of rotatable bonds is 8. The lowest BCUT2D eigenvalue weighted by molar-refractivity contribution is 0.140. The van der Waals surface area contributed by atoms with Crippen LogP contribution >= 0.6 is 11.8 Å². The molecule has 0 bridgehead atoms. The summed E-state index contributed by atoms with van der Waals surface area (Å²) < 4.78 is 5.05. The van der Waals surface area contributed by atoms with Crippen molar-refractivity contribution in [3.8, 4) is 0 Å². The van der Waals surface area contributed by atoms with Crippen LogP contribution < -0.4 is 5.73 Å². The van der Waals surface area contributed by atoms with Crippen molar-refractivity contribution in [2.75, 3.05) is 44.0 Å². The average molecular weight is 351 g/mol. The van der Waals surface area contributed by atoms with Crippen LogP contribution in [0.3, 0.4) is 0 Å². The Labute approximate surface area is 146 Å². The highest BCUT2D eigenvalue weighted by molar-refractivity contribution is 7.99. The van der Waals surface area contributed by atoms with E-state index in [1.807, 2.05) is 18.0 Å². The first-order chi connectivity index (χ1) is 11.7. The van der Waals surface area contributed by atoms with E-state index in [9.17, 15) is 5.11 Å². The van der Waals surface area contributed by atoms with Crippen LogP contribution in [-0.4, -0.2) is 69.4 Å². The standard InChI is InChI=1S/C16H25N5O2S/c1-23-3-5-24-4-2-11-7-21(9-13(11)22)8-12-6-18-15-14(12)19-10-20-16(15)17/h6,10-11,13,18,22H,2-5,7-9H2,1H3,(H2,17,19,20)/t11-,13+/m0/s1. The van der Waals surface area contributed by atoms with Gasteiger partial charge in [-0.3, -0.25) is 4.90 Å². The average Bonchev–Trinajstić information content (AvgIpc) is 3.13. The molecule has 8 heteroatoms. The van der Waals surface area contributed by atoms with E-state index in [1.54, 1.807) is 7.11 Å². The Morgan fingerprint density at radius 2 is 2.29 bits per heavy atom. The summed E-state index contributed by atoms with van der Waals surface area (Å²) in [4.78, 5) is 13.8. The van der Waals surface area contributed by atoms with Crippen molar-refractivity contribution in [2.24, 2.45) is 5.92 Å². The molecule has 0 amide bonds. The normalized spacial score (nSPS) is 21.8. The van der Waals surface area contributed by atoms with E-state index >= 15 is 0 Å². The number of thioether (sulfide) groups is 1. The zero-order valence-corrected chi connectivity index (χ0v) is 14.8. The molecule has 0 aliphatic carbocycles. The zero-order chi connectivity index (χ0) is 16.9.